The zero-order chi connectivity index (χ0) is 9.80. The summed E-state index contributed by atoms with van der Waals surface area (Å²) in [7, 11) is 0. The molecule has 0 aliphatic heterocycles. The molecule has 0 bridgehead atoms. The fourth-order valence-corrected chi connectivity index (χ4v) is 1.21. The standard InChI is InChI=1S/C7H10N6O/c14-3-7(13-5-8-4-10-13)1-6-2-9-12-11-6/h2,4-5,7,14H,1,3H2,(H,9,11,12). The second-order valence-electron chi connectivity index (χ2n) is 2.88. The molecule has 7 heteroatoms. The van der Waals surface area contributed by atoms with Gasteiger partial charge in [0.05, 0.1) is 18.3 Å². The van der Waals surface area contributed by atoms with Gasteiger partial charge < -0.3 is 5.11 Å². The average Bonchev–Trinajstić information content (AvgIpc) is 2.86. The fourth-order valence-electron chi connectivity index (χ4n) is 1.21. The van der Waals surface area contributed by atoms with Gasteiger partial charge in [0.1, 0.15) is 12.7 Å². The largest absolute Gasteiger partial charge is 0.394 e. The number of H-pyrrole nitrogens is 1. The Morgan fingerprint density at radius 1 is 1.57 bits per heavy atom. The Labute approximate surface area is 79.8 Å². The van der Waals surface area contributed by atoms with Crippen molar-refractivity contribution in [3.8, 4) is 0 Å². The molecule has 0 aliphatic rings. The van der Waals surface area contributed by atoms with E-state index in [0.717, 1.165) is 5.69 Å². The lowest BCUT2D eigenvalue weighted by molar-refractivity contribution is 0.216. The van der Waals surface area contributed by atoms with Gasteiger partial charge in [-0.1, -0.05) is 5.21 Å². The lowest BCUT2D eigenvalue weighted by atomic mass is 10.2. The van der Waals surface area contributed by atoms with Crippen LogP contribution in [-0.2, 0) is 6.42 Å². The number of nitrogens with one attached hydrogen (secondary N) is 1. The quantitative estimate of drug-likeness (QED) is 0.662. The number of aromatic amines is 1. The van der Waals surface area contributed by atoms with E-state index < -0.39 is 0 Å². The van der Waals surface area contributed by atoms with Crippen LogP contribution < -0.4 is 0 Å². The normalized spacial score (nSPS) is 12.9. The highest BCUT2D eigenvalue weighted by Gasteiger charge is 2.12. The number of hydrogen-bond acceptors (Lipinski definition) is 5. The molecule has 0 fully saturated rings. The first-order chi connectivity index (χ1) is 6.90. The van der Waals surface area contributed by atoms with Gasteiger partial charge in [-0.3, -0.25) is 5.10 Å². The van der Waals surface area contributed by atoms with Gasteiger partial charge in [0.25, 0.3) is 0 Å². The summed E-state index contributed by atoms with van der Waals surface area (Å²) in [5.41, 5.74) is 0.791. The second kappa shape index (κ2) is 3.97. The van der Waals surface area contributed by atoms with Crippen LogP contribution in [0.1, 0.15) is 11.7 Å². The van der Waals surface area contributed by atoms with Crippen molar-refractivity contribution in [2.24, 2.45) is 0 Å². The van der Waals surface area contributed by atoms with Gasteiger partial charge in [0.2, 0.25) is 0 Å². The molecular weight excluding hydrogens is 184 g/mol. The van der Waals surface area contributed by atoms with Gasteiger partial charge in [0, 0.05) is 12.6 Å². The van der Waals surface area contributed by atoms with Crippen LogP contribution >= 0.6 is 0 Å². The molecule has 0 aliphatic carbocycles. The Bertz CT molecular complexity index is 355. The van der Waals surface area contributed by atoms with Crippen molar-refractivity contribution in [3.63, 3.8) is 0 Å². The molecule has 1 unspecified atom stereocenters. The van der Waals surface area contributed by atoms with Crippen LogP contribution in [0.3, 0.4) is 0 Å². The first-order valence-electron chi connectivity index (χ1n) is 4.20. The lowest BCUT2D eigenvalue weighted by Crippen LogP contribution is -2.16. The number of nitrogens with zero attached hydrogens (tertiary/aromatic N) is 5. The fraction of sp³-hybridized carbons (Fsp3) is 0.429. The molecule has 0 saturated heterocycles. The summed E-state index contributed by atoms with van der Waals surface area (Å²) in [4.78, 5) is 3.82. The third-order valence-electron chi connectivity index (χ3n) is 1.93. The van der Waals surface area contributed by atoms with Crippen molar-refractivity contribution < 1.29 is 5.11 Å². The zero-order valence-electron chi connectivity index (χ0n) is 7.41. The van der Waals surface area contributed by atoms with Crippen LogP contribution in [0.25, 0.3) is 0 Å². The highest BCUT2D eigenvalue weighted by atomic mass is 16.3. The minimum Gasteiger partial charge on any atom is -0.394 e. The molecule has 0 saturated carbocycles. The summed E-state index contributed by atoms with van der Waals surface area (Å²) in [5, 5.41) is 23.1. The maximum absolute atomic E-state index is 9.15. The van der Waals surface area contributed by atoms with Crippen LogP contribution in [0.15, 0.2) is 18.9 Å². The molecule has 0 amide bonds. The molecular formula is C7H10N6O. The van der Waals surface area contributed by atoms with E-state index in [1.165, 1.54) is 6.33 Å². The second-order valence-corrected chi connectivity index (χ2v) is 2.88. The highest BCUT2D eigenvalue weighted by molar-refractivity contribution is 4.93. The monoisotopic (exact) mass is 194 g/mol. The van der Waals surface area contributed by atoms with E-state index >= 15 is 0 Å². The first-order valence-corrected chi connectivity index (χ1v) is 4.20. The van der Waals surface area contributed by atoms with E-state index in [0.29, 0.717) is 6.42 Å². The summed E-state index contributed by atoms with van der Waals surface area (Å²) < 4.78 is 1.61. The smallest absolute Gasteiger partial charge is 0.137 e. The molecule has 2 N–H and O–H groups in total. The van der Waals surface area contributed by atoms with E-state index in [1.54, 1.807) is 17.2 Å². The minimum atomic E-state index is -0.136. The van der Waals surface area contributed by atoms with Crippen LogP contribution in [0, 0.1) is 0 Å². The van der Waals surface area contributed by atoms with Crippen molar-refractivity contribution >= 4 is 0 Å². The average molecular weight is 194 g/mol. The number of rotatable bonds is 4. The van der Waals surface area contributed by atoms with Crippen molar-refractivity contribution in [2.45, 2.75) is 12.5 Å². The van der Waals surface area contributed by atoms with Gasteiger partial charge >= 0.3 is 0 Å². The third-order valence-corrected chi connectivity index (χ3v) is 1.93. The lowest BCUT2D eigenvalue weighted by Gasteiger charge is -2.11. The molecule has 2 aromatic heterocycles. The minimum absolute atomic E-state index is 0.00375. The van der Waals surface area contributed by atoms with E-state index in [2.05, 4.69) is 25.5 Å². The number of aromatic nitrogens is 6. The van der Waals surface area contributed by atoms with Gasteiger partial charge in [-0.2, -0.15) is 5.10 Å². The summed E-state index contributed by atoms with van der Waals surface area (Å²) >= 11 is 0. The Morgan fingerprint density at radius 2 is 2.50 bits per heavy atom. The summed E-state index contributed by atoms with van der Waals surface area (Å²) in [6, 6.07) is -0.136. The number of aliphatic hydroxyl groups is 1. The molecule has 0 aromatic carbocycles. The topological polar surface area (TPSA) is 92.5 Å². The van der Waals surface area contributed by atoms with E-state index in [-0.39, 0.29) is 12.6 Å². The SMILES string of the molecule is OCC(Cc1c[nH]nn1)n1cncn1. The molecule has 0 spiro atoms. The predicted octanol–water partition coefficient (Wildman–Crippen LogP) is -0.828. The summed E-state index contributed by atoms with van der Waals surface area (Å²) in [5.74, 6) is 0. The molecule has 14 heavy (non-hydrogen) atoms. The van der Waals surface area contributed by atoms with Crippen LogP contribution in [0.4, 0.5) is 0 Å². The first kappa shape index (κ1) is 8.82. The Balaban J connectivity index is 2.08. The number of aliphatic hydroxyl groups excluding tert-OH is 1. The summed E-state index contributed by atoms with van der Waals surface area (Å²) in [6.07, 6.45) is 5.28. The molecule has 74 valence electrons. The van der Waals surface area contributed by atoms with Crippen molar-refractivity contribution in [2.75, 3.05) is 6.61 Å². The molecule has 2 aromatic rings. The zero-order valence-corrected chi connectivity index (χ0v) is 7.41. The third kappa shape index (κ3) is 1.77. The van der Waals surface area contributed by atoms with E-state index in [9.17, 15) is 0 Å². The van der Waals surface area contributed by atoms with E-state index in [4.69, 9.17) is 5.11 Å². The predicted molar refractivity (Wildman–Crippen MR) is 46.2 cm³/mol. The molecule has 7 nitrogen and oxygen atoms in total. The Hall–Kier alpha value is -1.76. The highest BCUT2D eigenvalue weighted by Crippen LogP contribution is 2.08. The van der Waals surface area contributed by atoms with Crippen molar-refractivity contribution in [1.82, 2.24) is 30.2 Å². The maximum Gasteiger partial charge on any atom is 0.137 e. The van der Waals surface area contributed by atoms with Crippen molar-refractivity contribution in [3.05, 3.63) is 24.5 Å². The van der Waals surface area contributed by atoms with Crippen LogP contribution in [0.5, 0.6) is 0 Å². The van der Waals surface area contributed by atoms with Crippen LogP contribution in [-0.4, -0.2) is 41.9 Å². The van der Waals surface area contributed by atoms with Gasteiger partial charge in [0.15, 0.2) is 0 Å². The van der Waals surface area contributed by atoms with Gasteiger partial charge in [-0.05, 0) is 0 Å². The van der Waals surface area contributed by atoms with Crippen LogP contribution in [0.2, 0.25) is 0 Å². The Morgan fingerprint density at radius 3 is 3.07 bits per heavy atom. The van der Waals surface area contributed by atoms with Gasteiger partial charge in [-0.25, -0.2) is 9.67 Å². The summed E-state index contributed by atoms with van der Waals surface area (Å²) in [6.45, 7) is -0.00375. The van der Waals surface area contributed by atoms with E-state index in [1.807, 2.05) is 0 Å². The molecule has 2 heterocycles. The molecule has 2 rings (SSSR count). The number of hydrogen-bond donors (Lipinski definition) is 2. The van der Waals surface area contributed by atoms with Gasteiger partial charge in [-0.15, -0.1) is 5.10 Å². The molecule has 0 radical (unpaired) electrons. The van der Waals surface area contributed by atoms with Crippen molar-refractivity contribution in [1.29, 1.82) is 0 Å². The Kier molecular flexibility index (Phi) is 2.50. The maximum atomic E-state index is 9.15. The molecule has 1 atom stereocenters.